The van der Waals surface area contributed by atoms with Crippen LogP contribution in [0.15, 0.2) is 5.16 Å². The molecule has 0 saturated heterocycles. The van der Waals surface area contributed by atoms with Crippen LogP contribution in [0.4, 0.5) is 0 Å². The second-order valence-electron chi connectivity index (χ2n) is 2.50. The van der Waals surface area contributed by atoms with E-state index in [1.54, 1.807) is 0 Å². The molecule has 9 heavy (non-hydrogen) atoms. The van der Waals surface area contributed by atoms with Gasteiger partial charge in [0.25, 0.3) is 0 Å². The third-order valence-corrected chi connectivity index (χ3v) is 2.40. The molecule has 0 bridgehead atoms. The van der Waals surface area contributed by atoms with E-state index in [1.165, 1.54) is 0 Å². The zero-order valence-corrected chi connectivity index (χ0v) is 6.57. The van der Waals surface area contributed by atoms with Crippen LogP contribution in [0.25, 0.3) is 0 Å². The highest BCUT2D eigenvalue weighted by molar-refractivity contribution is 6.36. The third-order valence-electron chi connectivity index (χ3n) is 1.82. The molecule has 0 spiro atoms. The maximum absolute atomic E-state index is 6.01. The van der Waals surface area contributed by atoms with E-state index in [-0.39, 0.29) is 11.0 Å². The zero-order valence-electron chi connectivity index (χ0n) is 5.81. The van der Waals surface area contributed by atoms with Crippen LogP contribution in [-0.2, 0) is 4.84 Å². The zero-order chi connectivity index (χ0) is 7.07. The summed E-state index contributed by atoms with van der Waals surface area (Å²) in [5, 5.41) is 3.75. The number of hydrogen-bond donors (Lipinski definition) is 0. The molecule has 1 heterocycles. The molecule has 3 heteroatoms. The van der Waals surface area contributed by atoms with Crippen LogP contribution in [0.2, 0.25) is 0 Å². The lowest BCUT2D eigenvalue weighted by Crippen LogP contribution is -2.33. The summed E-state index contributed by atoms with van der Waals surface area (Å²) in [4.78, 5) is 4.55. The summed E-state index contributed by atoms with van der Waals surface area (Å²) in [5.41, 5.74) is 0.858. The first-order valence-electron chi connectivity index (χ1n) is 2.95. The van der Waals surface area contributed by atoms with Gasteiger partial charge in [-0.3, -0.25) is 0 Å². The van der Waals surface area contributed by atoms with E-state index in [2.05, 4.69) is 5.16 Å². The van der Waals surface area contributed by atoms with Crippen LogP contribution in [0.1, 0.15) is 20.8 Å². The molecule has 1 unspecified atom stereocenters. The smallest absolute Gasteiger partial charge is 0.148 e. The van der Waals surface area contributed by atoms with Gasteiger partial charge in [-0.25, -0.2) is 0 Å². The number of rotatable bonds is 0. The summed E-state index contributed by atoms with van der Waals surface area (Å²) in [6, 6.07) is 0. The van der Waals surface area contributed by atoms with E-state index in [1.807, 2.05) is 20.8 Å². The Labute approximate surface area is 59.8 Å². The van der Waals surface area contributed by atoms with Crippen molar-refractivity contribution in [3.8, 4) is 0 Å². The maximum Gasteiger partial charge on any atom is 0.148 e. The third kappa shape index (κ3) is 0.917. The summed E-state index contributed by atoms with van der Waals surface area (Å²) in [6.45, 7) is 5.69. The van der Waals surface area contributed by atoms with E-state index in [4.69, 9.17) is 16.4 Å². The van der Waals surface area contributed by atoms with Crippen molar-refractivity contribution in [2.75, 3.05) is 0 Å². The minimum absolute atomic E-state index is 0.000772. The van der Waals surface area contributed by atoms with Crippen LogP contribution in [-0.4, -0.2) is 16.7 Å². The normalized spacial score (nSPS) is 42.2. The van der Waals surface area contributed by atoms with Gasteiger partial charge in [0, 0.05) is 0 Å². The van der Waals surface area contributed by atoms with E-state index in [0.29, 0.717) is 0 Å². The Balaban J connectivity index is 2.81. The second-order valence-corrected chi connectivity index (χ2v) is 3.29. The van der Waals surface area contributed by atoms with Gasteiger partial charge >= 0.3 is 0 Å². The van der Waals surface area contributed by atoms with Gasteiger partial charge < -0.3 is 4.84 Å². The first kappa shape index (κ1) is 6.87. The van der Waals surface area contributed by atoms with Crippen molar-refractivity contribution in [1.29, 1.82) is 0 Å². The van der Waals surface area contributed by atoms with Crippen molar-refractivity contribution < 1.29 is 4.84 Å². The molecule has 1 rings (SSSR count). The molecule has 2 atom stereocenters. The van der Waals surface area contributed by atoms with Gasteiger partial charge in [-0.05, 0) is 20.8 Å². The van der Waals surface area contributed by atoms with Gasteiger partial charge in [-0.15, -0.1) is 11.6 Å². The molecular formula is C6H10ClNO. The fourth-order valence-electron chi connectivity index (χ4n) is 0.641. The number of halogens is 1. The predicted octanol–water partition coefficient (Wildman–Crippen LogP) is 1.78. The number of hydrogen-bond acceptors (Lipinski definition) is 2. The lowest BCUT2D eigenvalue weighted by molar-refractivity contribution is 0.0860. The molecule has 1 aliphatic rings. The Morgan fingerprint density at radius 3 is 2.44 bits per heavy atom. The molecule has 0 amide bonds. The Bertz CT molecular complexity index is 153. The van der Waals surface area contributed by atoms with Crippen molar-refractivity contribution in [2.24, 2.45) is 5.16 Å². The van der Waals surface area contributed by atoms with Gasteiger partial charge in [0.2, 0.25) is 0 Å². The topological polar surface area (TPSA) is 21.6 Å². The number of oxime groups is 1. The largest absolute Gasteiger partial charge is 0.391 e. The highest BCUT2D eigenvalue weighted by atomic mass is 35.5. The molecule has 52 valence electrons. The van der Waals surface area contributed by atoms with Gasteiger partial charge in [-0.1, -0.05) is 5.16 Å². The van der Waals surface area contributed by atoms with Gasteiger partial charge in [0.15, 0.2) is 0 Å². The Morgan fingerprint density at radius 1 is 1.78 bits per heavy atom. The van der Waals surface area contributed by atoms with Crippen LogP contribution in [0.3, 0.4) is 0 Å². The number of nitrogens with zero attached hydrogens (tertiary/aromatic N) is 1. The van der Waals surface area contributed by atoms with Crippen LogP contribution < -0.4 is 0 Å². The molecule has 0 aromatic rings. The predicted molar refractivity (Wildman–Crippen MR) is 37.9 cm³/mol. The monoisotopic (exact) mass is 147 g/mol. The van der Waals surface area contributed by atoms with Crippen molar-refractivity contribution in [2.45, 2.75) is 31.7 Å². The summed E-state index contributed by atoms with van der Waals surface area (Å²) in [6.07, 6.45) is -0.000772. The molecule has 2 nitrogen and oxygen atoms in total. The first-order chi connectivity index (χ1) is 4.05. The molecule has 0 aromatic heterocycles. The van der Waals surface area contributed by atoms with Gasteiger partial charge in [0.1, 0.15) is 11.0 Å². The summed E-state index contributed by atoms with van der Waals surface area (Å²) in [7, 11) is 0. The molecule has 0 aliphatic carbocycles. The highest BCUT2D eigenvalue weighted by Crippen LogP contribution is 2.28. The summed E-state index contributed by atoms with van der Waals surface area (Å²) in [5.74, 6) is 0. The lowest BCUT2D eigenvalue weighted by Gasteiger charge is -2.17. The molecule has 0 saturated carbocycles. The minimum atomic E-state index is -0.389. The molecule has 0 aromatic carbocycles. The standard InChI is InChI=1S/C6H10ClNO/c1-4-6(3,7)5(2)9-8-4/h5H,1-3H3/t5?,6-/m0/s1. The van der Waals surface area contributed by atoms with E-state index in [9.17, 15) is 0 Å². The molecule has 1 aliphatic heterocycles. The highest BCUT2D eigenvalue weighted by Gasteiger charge is 2.38. The van der Waals surface area contributed by atoms with Crippen molar-refractivity contribution in [3.05, 3.63) is 0 Å². The van der Waals surface area contributed by atoms with Gasteiger partial charge in [-0.2, -0.15) is 0 Å². The molecule has 0 radical (unpaired) electrons. The number of alkyl halides is 1. The average molecular weight is 148 g/mol. The Hall–Kier alpha value is -0.240. The van der Waals surface area contributed by atoms with Gasteiger partial charge in [0.05, 0.1) is 5.71 Å². The Morgan fingerprint density at radius 2 is 2.33 bits per heavy atom. The van der Waals surface area contributed by atoms with Crippen molar-refractivity contribution in [1.82, 2.24) is 0 Å². The maximum atomic E-state index is 6.01. The summed E-state index contributed by atoms with van der Waals surface area (Å²) >= 11 is 6.01. The molecule has 0 fully saturated rings. The minimum Gasteiger partial charge on any atom is -0.391 e. The quantitative estimate of drug-likeness (QED) is 0.479. The lowest BCUT2D eigenvalue weighted by atomic mass is 10.0. The average Bonchev–Trinajstić information content (AvgIpc) is 1.96. The van der Waals surface area contributed by atoms with Crippen molar-refractivity contribution in [3.63, 3.8) is 0 Å². The summed E-state index contributed by atoms with van der Waals surface area (Å²) < 4.78 is 0. The fourth-order valence-corrected chi connectivity index (χ4v) is 0.715. The van der Waals surface area contributed by atoms with Crippen LogP contribution in [0.5, 0.6) is 0 Å². The van der Waals surface area contributed by atoms with E-state index >= 15 is 0 Å². The van der Waals surface area contributed by atoms with Crippen LogP contribution in [0, 0.1) is 0 Å². The molecular weight excluding hydrogens is 138 g/mol. The Kier molecular flexibility index (Phi) is 1.43. The SMILES string of the molecule is CC1=NOC(C)[C@@]1(C)Cl. The fraction of sp³-hybridized carbons (Fsp3) is 0.833. The van der Waals surface area contributed by atoms with E-state index < -0.39 is 0 Å². The van der Waals surface area contributed by atoms with Crippen molar-refractivity contribution >= 4 is 17.3 Å². The second kappa shape index (κ2) is 1.87. The first-order valence-corrected chi connectivity index (χ1v) is 3.32. The molecule has 0 N–H and O–H groups in total. The van der Waals surface area contributed by atoms with E-state index in [0.717, 1.165) is 5.71 Å². The van der Waals surface area contributed by atoms with Crippen LogP contribution >= 0.6 is 11.6 Å².